The molecule has 1 aromatic heterocycles. The molecule has 4 nitrogen and oxygen atoms in total. The molecule has 1 amide bonds. The van der Waals surface area contributed by atoms with Gasteiger partial charge in [0, 0.05) is 27.7 Å². The molecule has 0 atom stereocenters. The van der Waals surface area contributed by atoms with Gasteiger partial charge in [-0.05, 0) is 60.2 Å². The minimum absolute atomic E-state index is 0.0596. The Kier molecular flexibility index (Phi) is 5.64. The van der Waals surface area contributed by atoms with E-state index in [1.807, 2.05) is 30.3 Å². The summed E-state index contributed by atoms with van der Waals surface area (Å²) in [7, 11) is 0. The van der Waals surface area contributed by atoms with Gasteiger partial charge in [-0.3, -0.25) is 9.59 Å². The highest BCUT2D eigenvalue weighted by Crippen LogP contribution is 2.21. The van der Waals surface area contributed by atoms with Crippen LogP contribution < -0.4 is 10.9 Å². The largest absolute Gasteiger partial charge is 0.355 e. The second kappa shape index (κ2) is 7.94. The molecule has 6 heteroatoms. The molecule has 134 valence electrons. The minimum atomic E-state index is -0.0937. The number of amides is 1. The molecule has 26 heavy (non-hydrogen) atoms. The lowest BCUT2D eigenvalue weighted by Crippen LogP contribution is -2.27. The summed E-state index contributed by atoms with van der Waals surface area (Å²) >= 11 is 12.0. The van der Waals surface area contributed by atoms with Crippen molar-refractivity contribution in [2.45, 2.75) is 19.8 Å². The van der Waals surface area contributed by atoms with Gasteiger partial charge in [0.25, 0.3) is 5.56 Å². The highest BCUT2D eigenvalue weighted by atomic mass is 35.5. The second-order valence-electron chi connectivity index (χ2n) is 6.22. The number of aromatic nitrogens is 1. The fraction of sp³-hybridized carbons (Fsp3) is 0.200. The van der Waals surface area contributed by atoms with Crippen LogP contribution in [-0.2, 0) is 17.6 Å². The maximum absolute atomic E-state index is 12.2. The summed E-state index contributed by atoms with van der Waals surface area (Å²) in [6.45, 7) is 2.26. The van der Waals surface area contributed by atoms with Gasteiger partial charge in [0.1, 0.15) is 0 Å². The summed E-state index contributed by atoms with van der Waals surface area (Å²) < 4.78 is 0. The molecule has 3 aromatic rings. The van der Waals surface area contributed by atoms with E-state index < -0.39 is 0 Å². The molecular weight excluding hydrogens is 371 g/mol. The lowest BCUT2D eigenvalue weighted by atomic mass is 10.1. The SMILES string of the molecule is Cc1cc2cc(CC(=O)NCCc3ccc(Cl)cc3Cl)ccc2[nH]c1=O. The van der Waals surface area contributed by atoms with Crippen molar-refractivity contribution in [1.29, 1.82) is 0 Å². The molecule has 0 aliphatic carbocycles. The minimum Gasteiger partial charge on any atom is -0.355 e. The summed E-state index contributed by atoms with van der Waals surface area (Å²) in [4.78, 5) is 26.6. The molecule has 0 radical (unpaired) electrons. The highest BCUT2D eigenvalue weighted by Gasteiger charge is 2.07. The third-order valence-corrected chi connectivity index (χ3v) is 4.78. The number of hydrogen-bond donors (Lipinski definition) is 2. The van der Waals surface area contributed by atoms with Crippen molar-refractivity contribution in [3.63, 3.8) is 0 Å². The zero-order valence-corrected chi connectivity index (χ0v) is 15.7. The summed E-state index contributed by atoms with van der Waals surface area (Å²) in [5.41, 5.74) is 3.16. The Hall–Kier alpha value is -2.30. The van der Waals surface area contributed by atoms with Gasteiger partial charge in [0.05, 0.1) is 6.42 Å². The number of fused-ring (bicyclic) bond motifs is 1. The van der Waals surface area contributed by atoms with Crippen molar-refractivity contribution >= 4 is 40.0 Å². The van der Waals surface area contributed by atoms with Crippen LogP contribution in [0.1, 0.15) is 16.7 Å². The van der Waals surface area contributed by atoms with Gasteiger partial charge in [0.2, 0.25) is 5.91 Å². The average molecular weight is 389 g/mol. The molecule has 0 aliphatic heterocycles. The number of nitrogens with one attached hydrogen (secondary N) is 2. The van der Waals surface area contributed by atoms with Gasteiger partial charge in [-0.2, -0.15) is 0 Å². The Morgan fingerprint density at radius 3 is 2.69 bits per heavy atom. The van der Waals surface area contributed by atoms with E-state index in [1.54, 1.807) is 19.1 Å². The normalized spacial score (nSPS) is 10.9. The first-order valence-electron chi connectivity index (χ1n) is 8.25. The second-order valence-corrected chi connectivity index (χ2v) is 7.06. The van der Waals surface area contributed by atoms with E-state index >= 15 is 0 Å². The number of carbonyl (C=O) groups excluding carboxylic acids is 1. The Bertz CT molecular complexity index is 1030. The predicted molar refractivity (Wildman–Crippen MR) is 106 cm³/mol. The van der Waals surface area contributed by atoms with E-state index in [9.17, 15) is 9.59 Å². The topological polar surface area (TPSA) is 62.0 Å². The van der Waals surface area contributed by atoms with Gasteiger partial charge in [0.15, 0.2) is 0 Å². The fourth-order valence-corrected chi connectivity index (χ4v) is 3.29. The average Bonchev–Trinajstić information content (AvgIpc) is 2.58. The Morgan fingerprint density at radius 2 is 1.92 bits per heavy atom. The van der Waals surface area contributed by atoms with E-state index in [4.69, 9.17) is 23.2 Å². The maximum atomic E-state index is 12.2. The number of benzene rings is 2. The van der Waals surface area contributed by atoms with Gasteiger partial charge in [-0.25, -0.2) is 0 Å². The molecule has 0 aliphatic rings. The molecule has 0 saturated heterocycles. The summed E-state index contributed by atoms with van der Waals surface area (Å²) in [6, 6.07) is 12.8. The standard InChI is InChI=1S/C20H18Cl2N2O2/c1-12-8-15-9-13(2-5-18(15)24-20(12)26)10-19(25)23-7-6-14-3-4-16(21)11-17(14)22/h2-5,8-9,11H,6-7,10H2,1H3,(H,23,25)(H,24,26). The third kappa shape index (κ3) is 4.45. The molecular formula is C20H18Cl2N2O2. The van der Waals surface area contributed by atoms with Crippen LogP contribution in [0.2, 0.25) is 10.0 Å². The van der Waals surface area contributed by atoms with E-state index in [0.29, 0.717) is 28.6 Å². The van der Waals surface area contributed by atoms with Crippen molar-refractivity contribution in [3.8, 4) is 0 Å². The van der Waals surface area contributed by atoms with Crippen LogP contribution in [0.3, 0.4) is 0 Å². The lowest BCUT2D eigenvalue weighted by Gasteiger charge is -2.08. The lowest BCUT2D eigenvalue weighted by molar-refractivity contribution is -0.120. The Morgan fingerprint density at radius 1 is 1.12 bits per heavy atom. The van der Waals surface area contributed by atoms with E-state index in [2.05, 4.69) is 10.3 Å². The van der Waals surface area contributed by atoms with Crippen molar-refractivity contribution < 1.29 is 4.79 Å². The van der Waals surface area contributed by atoms with Crippen LogP contribution in [0.5, 0.6) is 0 Å². The highest BCUT2D eigenvalue weighted by molar-refractivity contribution is 6.35. The number of aromatic amines is 1. The Balaban J connectivity index is 1.60. The van der Waals surface area contributed by atoms with Crippen molar-refractivity contribution in [2.75, 3.05) is 6.54 Å². The quantitative estimate of drug-likeness (QED) is 0.692. The van der Waals surface area contributed by atoms with Crippen molar-refractivity contribution in [1.82, 2.24) is 10.3 Å². The van der Waals surface area contributed by atoms with Gasteiger partial charge < -0.3 is 10.3 Å². The van der Waals surface area contributed by atoms with E-state index in [-0.39, 0.29) is 17.9 Å². The molecule has 1 heterocycles. The number of H-pyrrole nitrogens is 1. The summed E-state index contributed by atoms with van der Waals surface area (Å²) in [5.74, 6) is -0.0596. The first kappa shape index (κ1) is 18.5. The number of aryl methyl sites for hydroxylation is 1. The molecule has 2 N–H and O–H groups in total. The van der Waals surface area contributed by atoms with Crippen molar-refractivity contribution in [3.05, 3.63) is 79.6 Å². The number of pyridine rings is 1. The Labute approximate surface area is 161 Å². The third-order valence-electron chi connectivity index (χ3n) is 4.19. The molecule has 3 rings (SSSR count). The zero-order valence-electron chi connectivity index (χ0n) is 14.2. The summed E-state index contributed by atoms with van der Waals surface area (Å²) in [6.07, 6.45) is 0.919. The van der Waals surface area contributed by atoms with E-state index in [1.165, 1.54) is 0 Å². The molecule has 0 unspecified atom stereocenters. The van der Waals surface area contributed by atoms with Crippen LogP contribution in [-0.4, -0.2) is 17.4 Å². The number of halogens is 2. The monoisotopic (exact) mass is 388 g/mol. The summed E-state index contributed by atoms with van der Waals surface area (Å²) in [5, 5.41) is 5.01. The van der Waals surface area contributed by atoms with Gasteiger partial charge in [-0.15, -0.1) is 0 Å². The van der Waals surface area contributed by atoms with E-state index in [0.717, 1.165) is 22.0 Å². The number of rotatable bonds is 5. The first-order valence-corrected chi connectivity index (χ1v) is 9.01. The van der Waals surface area contributed by atoms with Crippen LogP contribution in [0, 0.1) is 6.92 Å². The van der Waals surface area contributed by atoms with Crippen LogP contribution in [0.4, 0.5) is 0 Å². The maximum Gasteiger partial charge on any atom is 0.251 e. The number of hydrogen-bond acceptors (Lipinski definition) is 2. The molecule has 2 aromatic carbocycles. The molecule has 0 fully saturated rings. The zero-order chi connectivity index (χ0) is 18.7. The van der Waals surface area contributed by atoms with Crippen LogP contribution >= 0.6 is 23.2 Å². The predicted octanol–water partition coefficient (Wildman–Crippen LogP) is 4.04. The van der Waals surface area contributed by atoms with Crippen LogP contribution in [0.15, 0.2) is 47.3 Å². The molecule has 0 saturated carbocycles. The molecule has 0 spiro atoms. The molecule has 0 bridgehead atoms. The van der Waals surface area contributed by atoms with Crippen LogP contribution in [0.25, 0.3) is 10.9 Å². The van der Waals surface area contributed by atoms with Gasteiger partial charge >= 0.3 is 0 Å². The number of carbonyl (C=O) groups is 1. The van der Waals surface area contributed by atoms with Crippen molar-refractivity contribution in [2.24, 2.45) is 0 Å². The smallest absolute Gasteiger partial charge is 0.251 e. The first-order chi connectivity index (χ1) is 12.4. The fourth-order valence-electron chi connectivity index (χ4n) is 2.78. The van der Waals surface area contributed by atoms with Gasteiger partial charge in [-0.1, -0.05) is 35.3 Å².